The van der Waals surface area contributed by atoms with E-state index in [0.29, 0.717) is 11.6 Å². The average molecular weight is 362 g/mol. The van der Waals surface area contributed by atoms with Crippen LogP contribution in [0, 0.1) is 11.3 Å². The molecule has 2 aromatic heterocycles. The summed E-state index contributed by atoms with van der Waals surface area (Å²) in [4.78, 5) is 18.6. The van der Waals surface area contributed by atoms with Crippen molar-refractivity contribution in [3.05, 3.63) is 41.6 Å². The van der Waals surface area contributed by atoms with E-state index in [2.05, 4.69) is 47.7 Å². The fourth-order valence-electron chi connectivity index (χ4n) is 3.36. The minimum absolute atomic E-state index is 0.0251. The maximum atomic E-state index is 8.90. The molecule has 1 saturated carbocycles. The van der Waals surface area contributed by atoms with Crippen LogP contribution in [0.2, 0.25) is 0 Å². The minimum atomic E-state index is 0.0251. The molecule has 6 heteroatoms. The summed E-state index contributed by atoms with van der Waals surface area (Å²) in [6, 6.07) is 8.00. The maximum Gasteiger partial charge on any atom is 0.140 e. The van der Waals surface area contributed by atoms with Crippen molar-refractivity contribution in [1.82, 2.24) is 15.0 Å². The number of hydrogen-bond donors (Lipinski definition) is 0. The molecule has 140 valence electrons. The summed E-state index contributed by atoms with van der Waals surface area (Å²) >= 11 is 0. The molecule has 1 aliphatic carbocycles. The first kappa shape index (κ1) is 17.7. The van der Waals surface area contributed by atoms with Crippen molar-refractivity contribution in [3.8, 4) is 6.07 Å². The Balaban J connectivity index is 1.50. The van der Waals surface area contributed by atoms with Gasteiger partial charge in [0.05, 0.1) is 17.6 Å². The predicted octanol–water partition coefficient (Wildman–Crippen LogP) is 3.24. The van der Waals surface area contributed by atoms with Gasteiger partial charge in [0.1, 0.15) is 23.4 Å². The number of nitriles is 1. The Morgan fingerprint density at radius 1 is 1.04 bits per heavy atom. The maximum absolute atomic E-state index is 8.90. The second-order valence-corrected chi connectivity index (χ2v) is 8.48. The molecular formula is C21H26N6. The molecule has 1 saturated heterocycles. The topological polar surface area (TPSA) is 68.9 Å². The van der Waals surface area contributed by atoms with Gasteiger partial charge in [-0.15, -0.1) is 0 Å². The van der Waals surface area contributed by atoms with Crippen molar-refractivity contribution < 1.29 is 0 Å². The summed E-state index contributed by atoms with van der Waals surface area (Å²) in [5.41, 5.74) is 2.69. The first-order valence-electron chi connectivity index (χ1n) is 9.69. The molecule has 0 radical (unpaired) electrons. The van der Waals surface area contributed by atoms with Gasteiger partial charge in [-0.3, -0.25) is 0 Å². The summed E-state index contributed by atoms with van der Waals surface area (Å²) in [6.07, 6.45) is 4.22. The molecule has 1 aliphatic heterocycles. The van der Waals surface area contributed by atoms with E-state index in [4.69, 9.17) is 15.2 Å². The van der Waals surface area contributed by atoms with Crippen LogP contribution in [0.4, 0.5) is 11.5 Å². The first-order valence-corrected chi connectivity index (χ1v) is 9.69. The van der Waals surface area contributed by atoms with E-state index in [-0.39, 0.29) is 5.41 Å². The van der Waals surface area contributed by atoms with Crippen molar-refractivity contribution >= 4 is 11.5 Å². The molecule has 6 nitrogen and oxygen atoms in total. The van der Waals surface area contributed by atoms with Crippen LogP contribution in [0.1, 0.15) is 56.7 Å². The summed E-state index contributed by atoms with van der Waals surface area (Å²) in [5, 5.41) is 8.90. The standard InChI is InChI=1S/C21H26N6/c1-21(2,3)18-12-19(25-20(24-18)15-4-5-15)27-10-8-26(9-11-27)17-7-6-16(13-22)23-14-17/h6-7,12,14-15H,4-5,8-11H2,1-3H3. The molecular weight excluding hydrogens is 336 g/mol. The number of rotatable bonds is 3. The van der Waals surface area contributed by atoms with Gasteiger partial charge in [0, 0.05) is 43.6 Å². The molecule has 0 atom stereocenters. The minimum Gasteiger partial charge on any atom is -0.367 e. The number of aromatic nitrogens is 3. The highest BCUT2D eigenvalue weighted by atomic mass is 15.3. The van der Waals surface area contributed by atoms with Gasteiger partial charge in [0.2, 0.25) is 0 Å². The normalized spacial score (nSPS) is 17.7. The molecule has 2 fully saturated rings. The van der Waals surface area contributed by atoms with Crippen molar-refractivity contribution in [2.24, 2.45) is 0 Å². The zero-order valence-electron chi connectivity index (χ0n) is 16.3. The fourth-order valence-corrected chi connectivity index (χ4v) is 3.36. The number of piperazine rings is 1. The number of hydrogen-bond acceptors (Lipinski definition) is 6. The van der Waals surface area contributed by atoms with Gasteiger partial charge >= 0.3 is 0 Å². The first-order chi connectivity index (χ1) is 12.9. The van der Waals surface area contributed by atoms with Gasteiger partial charge in [0.15, 0.2) is 0 Å². The van der Waals surface area contributed by atoms with E-state index in [9.17, 15) is 0 Å². The molecule has 2 aromatic rings. The van der Waals surface area contributed by atoms with Crippen LogP contribution in [-0.4, -0.2) is 41.1 Å². The van der Waals surface area contributed by atoms with Gasteiger partial charge in [-0.05, 0) is 25.0 Å². The van der Waals surface area contributed by atoms with Crippen molar-refractivity contribution in [3.63, 3.8) is 0 Å². The van der Waals surface area contributed by atoms with E-state index in [0.717, 1.165) is 49.2 Å². The molecule has 0 N–H and O–H groups in total. The Hall–Kier alpha value is -2.68. The van der Waals surface area contributed by atoms with Crippen molar-refractivity contribution in [2.45, 2.75) is 44.9 Å². The van der Waals surface area contributed by atoms with Gasteiger partial charge in [-0.1, -0.05) is 20.8 Å². The lowest BCUT2D eigenvalue weighted by Crippen LogP contribution is -2.47. The molecule has 2 aliphatic rings. The zero-order chi connectivity index (χ0) is 19.0. The smallest absolute Gasteiger partial charge is 0.140 e. The molecule has 0 aromatic carbocycles. The number of anilines is 2. The third-order valence-corrected chi connectivity index (χ3v) is 5.27. The fraction of sp³-hybridized carbons (Fsp3) is 0.524. The lowest BCUT2D eigenvalue weighted by molar-refractivity contribution is 0.559. The average Bonchev–Trinajstić information content (AvgIpc) is 3.52. The lowest BCUT2D eigenvalue weighted by atomic mass is 9.91. The zero-order valence-corrected chi connectivity index (χ0v) is 16.3. The molecule has 4 rings (SSSR count). The molecule has 0 amide bonds. The van der Waals surface area contributed by atoms with Crippen LogP contribution in [0.25, 0.3) is 0 Å². The SMILES string of the molecule is CC(C)(C)c1cc(N2CCN(c3ccc(C#N)nc3)CC2)nc(C2CC2)n1. The highest BCUT2D eigenvalue weighted by Gasteiger charge is 2.30. The van der Waals surface area contributed by atoms with Crippen molar-refractivity contribution in [1.29, 1.82) is 5.26 Å². The third kappa shape index (κ3) is 3.87. The number of pyridine rings is 1. The van der Waals surface area contributed by atoms with Crippen molar-refractivity contribution in [2.75, 3.05) is 36.0 Å². The number of nitrogens with zero attached hydrogens (tertiary/aromatic N) is 6. The Morgan fingerprint density at radius 3 is 2.30 bits per heavy atom. The van der Waals surface area contributed by atoms with E-state index in [1.165, 1.54) is 12.8 Å². The summed E-state index contributed by atoms with van der Waals surface area (Å²) in [5.74, 6) is 2.64. The monoisotopic (exact) mass is 362 g/mol. The van der Waals surface area contributed by atoms with E-state index < -0.39 is 0 Å². The molecule has 27 heavy (non-hydrogen) atoms. The van der Waals surface area contributed by atoms with Crippen LogP contribution in [0.3, 0.4) is 0 Å². The Bertz CT molecular complexity index is 850. The molecule has 0 spiro atoms. The molecule has 0 bridgehead atoms. The summed E-state index contributed by atoms with van der Waals surface area (Å²) in [7, 11) is 0. The van der Waals surface area contributed by atoms with E-state index in [1.54, 1.807) is 12.3 Å². The quantitative estimate of drug-likeness (QED) is 0.835. The van der Waals surface area contributed by atoms with Gasteiger partial charge in [-0.2, -0.15) is 5.26 Å². The summed E-state index contributed by atoms with van der Waals surface area (Å²) < 4.78 is 0. The Labute approximate surface area is 160 Å². The van der Waals surface area contributed by atoms with Gasteiger partial charge in [-0.25, -0.2) is 15.0 Å². The molecule has 0 unspecified atom stereocenters. The van der Waals surface area contributed by atoms with E-state index in [1.807, 2.05) is 6.07 Å². The van der Waals surface area contributed by atoms with Crippen LogP contribution < -0.4 is 9.80 Å². The second-order valence-electron chi connectivity index (χ2n) is 8.48. The van der Waals surface area contributed by atoms with Crippen LogP contribution in [-0.2, 0) is 5.41 Å². The van der Waals surface area contributed by atoms with E-state index >= 15 is 0 Å². The van der Waals surface area contributed by atoms with Crippen LogP contribution in [0.15, 0.2) is 24.4 Å². The molecule has 3 heterocycles. The largest absolute Gasteiger partial charge is 0.367 e. The van der Waals surface area contributed by atoms with Gasteiger partial charge in [0.25, 0.3) is 0 Å². The third-order valence-electron chi connectivity index (χ3n) is 5.27. The Morgan fingerprint density at radius 2 is 1.74 bits per heavy atom. The lowest BCUT2D eigenvalue weighted by Gasteiger charge is -2.37. The predicted molar refractivity (Wildman–Crippen MR) is 106 cm³/mol. The highest BCUT2D eigenvalue weighted by molar-refractivity contribution is 5.49. The highest BCUT2D eigenvalue weighted by Crippen LogP contribution is 2.39. The van der Waals surface area contributed by atoms with Gasteiger partial charge < -0.3 is 9.80 Å². The van der Waals surface area contributed by atoms with Crippen LogP contribution >= 0.6 is 0 Å². The Kier molecular flexibility index (Phi) is 4.47. The summed E-state index contributed by atoms with van der Waals surface area (Å²) in [6.45, 7) is 10.3. The second kappa shape index (κ2) is 6.80. The van der Waals surface area contributed by atoms with Crippen LogP contribution in [0.5, 0.6) is 0 Å².